The zero-order valence-electron chi connectivity index (χ0n) is 23.4. The highest BCUT2D eigenvalue weighted by Crippen LogP contribution is 2.33. The highest BCUT2D eigenvalue weighted by atomic mass is 32.1. The molecule has 0 aliphatic rings. The average molecular weight is 618 g/mol. The molecule has 0 unspecified atom stereocenters. The minimum Gasteiger partial charge on any atom is -0.480 e. The van der Waals surface area contributed by atoms with Crippen molar-refractivity contribution in [1.82, 2.24) is 0 Å². The molecule has 224 valence electrons. The number of carbonyl (C=O) groups excluding carboxylic acids is 4. The van der Waals surface area contributed by atoms with Crippen LogP contribution in [0.15, 0.2) is 53.2 Å². The van der Waals surface area contributed by atoms with Crippen molar-refractivity contribution in [1.29, 1.82) is 0 Å². The fraction of sp³-hybridized carbons (Fsp3) is 0.345. The van der Waals surface area contributed by atoms with Gasteiger partial charge in [-0.05, 0) is 74.7 Å². The van der Waals surface area contributed by atoms with E-state index >= 15 is 0 Å². The van der Waals surface area contributed by atoms with Gasteiger partial charge in [-0.25, -0.2) is 9.59 Å². The molecule has 0 aliphatic carbocycles. The topological polar surface area (TPSA) is 169 Å². The second-order valence-corrected chi connectivity index (χ2v) is 12.5. The number of rotatable bonds is 13. The van der Waals surface area contributed by atoms with Crippen molar-refractivity contribution >= 4 is 52.5 Å². The number of carboxylic acid groups (broad SMARTS) is 1. The van der Waals surface area contributed by atoms with Crippen LogP contribution in [0.5, 0.6) is 11.5 Å². The Morgan fingerprint density at radius 1 is 0.786 bits per heavy atom. The normalized spacial score (nSPS) is 12.2. The number of hydrogen-bond donors (Lipinski definition) is 2. The minimum atomic E-state index is -1.31. The predicted molar refractivity (Wildman–Crippen MR) is 154 cm³/mol. The molecule has 11 nitrogen and oxygen atoms in total. The first-order valence-electron chi connectivity index (χ1n) is 12.7. The van der Waals surface area contributed by atoms with E-state index in [0.717, 1.165) is 0 Å². The van der Waals surface area contributed by atoms with Gasteiger partial charge < -0.3 is 29.8 Å². The number of ether oxygens (including phenoxy) is 4. The smallest absolute Gasteiger partial charge is 0.348 e. The molecule has 0 aliphatic heterocycles. The van der Waals surface area contributed by atoms with E-state index in [0.29, 0.717) is 15.3 Å². The van der Waals surface area contributed by atoms with Crippen molar-refractivity contribution < 1.29 is 48.0 Å². The van der Waals surface area contributed by atoms with Crippen LogP contribution in [0.2, 0.25) is 0 Å². The highest BCUT2D eigenvalue weighted by molar-refractivity contribution is 7.12. The first-order valence-corrected chi connectivity index (χ1v) is 14.4. The number of aliphatic carboxylic acids is 1. The Balaban J connectivity index is 1.77. The lowest BCUT2D eigenvalue weighted by Crippen LogP contribution is -2.36. The summed E-state index contributed by atoms with van der Waals surface area (Å²) in [6, 6.07) is 9.54. The molecule has 3 N–H and O–H groups in total. The van der Waals surface area contributed by atoms with Gasteiger partial charge in [-0.3, -0.25) is 14.4 Å². The van der Waals surface area contributed by atoms with E-state index in [1.54, 1.807) is 35.0 Å². The summed E-state index contributed by atoms with van der Waals surface area (Å²) in [5.74, 6) is -4.29. The molecule has 42 heavy (non-hydrogen) atoms. The van der Waals surface area contributed by atoms with Crippen LogP contribution in [-0.2, 0) is 30.3 Å². The van der Waals surface area contributed by atoms with Gasteiger partial charge in [-0.2, -0.15) is 0 Å². The first-order chi connectivity index (χ1) is 19.7. The van der Waals surface area contributed by atoms with Crippen LogP contribution in [0.25, 0.3) is 0 Å². The van der Waals surface area contributed by atoms with Crippen LogP contribution >= 0.6 is 22.7 Å². The Morgan fingerprint density at radius 3 is 1.69 bits per heavy atom. The Labute approximate surface area is 250 Å². The Kier molecular flexibility index (Phi) is 10.6. The lowest BCUT2D eigenvalue weighted by molar-refractivity contribution is -0.149. The van der Waals surface area contributed by atoms with Gasteiger partial charge in [-0.1, -0.05) is 18.2 Å². The van der Waals surface area contributed by atoms with E-state index in [4.69, 9.17) is 24.7 Å². The van der Waals surface area contributed by atoms with E-state index in [2.05, 4.69) is 0 Å². The maximum Gasteiger partial charge on any atom is 0.348 e. The van der Waals surface area contributed by atoms with Gasteiger partial charge in [0.25, 0.3) is 0 Å². The van der Waals surface area contributed by atoms with Crippen molar-refractivity contribution in [2.45, 2.75) is 40.2 Å². The van der Waals surface area contributed by atoms with E-state index in [1.165, 1.54) is 68.6 Å². The second kappa shape index (κ2) is 13.7. The van der Waals surface area contributed by atoms with Crippen molar-refractivity contribution in [3.05, 3.63) is 68.5 Å². The second-order valence-electron chi connectivity index (χ2n) is 10.6. The van der Waals surface area contributed by atoms with Gasteiger partial charge in [0.1, 0.15) is 29.0 Å². The van der Waals surface area contributed by atoms with Crippen LogP contribution in [0, 0.1) is 10.8 Å². The lowest BCUT2D eigenvalue weighted by atomic mass is 9.95. The monoisotopic (exact) mass is 617 g/mol. The summed E-state index contributed by atoms with van der Waals surface area (Å²) in [5, 5.41) is 12.6. The van der Waals surface area contributed by atoms with Gasteiger partial charge in [0.05, 0.1) is 10.8 Å². The first kappa shape index (κ1) is 32.4. The van der Waals surface area contributed by atoms with E-state index < -0.39 is 46.7 Å². The van der Waals surface area contributed by atoms with Crippen molar-refractivity contribution in [3.63, 3.8) is 0 Å². The molecule has 0 fully saturated rings. The number of benzene rings is 1. The highest BCUT2D eigenvalue weighted by Gasteiger charge is 2.35. The summed E-state index contributed by atoms with van der Waals surface area (Å²) in [7, 11) is 0. The summed E-state index contributed by atoms with van der Waals surface area (Å²) in [5.41, 5.74) is 3.47. The molecule has 3 aromatic rings. The molecule has 3 rings (SSSR count). The summed E-state index contributed by atoms with van der Waals surface area (Å²) >= 11 is 2.40. The molecule has 1 atom stereocenters. The minimum absolute atomic E-state index is 0.0971. The van der Waals surface area contributed by atoms with Crippen LogP contribution in [0.4, 0.5) is 0 Å². The summed E-state index contributed by atoms with van der Waals surface area (Å²) in [4.78, 5) is 62.8. The standard InChI is InChI=1S/C29H31NO10S2/c1-28(2,15-37-24(33)21-7-5-11-41-21)26(35)39-19-10-9-17(13-18(30)23(31)32)14-20(19)40-27(36)29(3,4)16-38-25(34)22-8-6-12-42-22/h5-12,14,18H,13,15-16,30H2,1-4H3,(H,31,32)/t18-/m0/s1. The third-order valence-corrected chi connectivity index (χ3v) is 7.56. The van der Waals surface area contributed by atoms with E-state index in [1.807, 2.05) is 0 Å². The molecule has 2 aromatic heterocycles. The van der Waals surface area contributed by atoms with Crippen LogP contribution in [-0.4, -0.2) is 54.2 Å². The van der Waals surface area contributed by atoms with Crippen molar-refractivity contribution in [2.24, 2.45) is 16.6 Å². The predicted octanol–water partition coefficient (Wildman–Crippen LogP) is 4.34. The van der Waals surface area contributed by atoms with Crippen molar-refractivity contribution in [3.8, 4) is 11.5 Å². The van der Waals surface area contributed by atoms with Gasteiger partial charge in [0, 0.05) is 0 Å². The van der Waals surface area contributed by atoms with Crippen LogP contribution < -0.4 is 15.2 Å². The zero-order valence-corrected chi connectivity index (χ0v) is 25.0. The third-order valence-electron chi connectivity index (χ3n) is 5.86. The number of nitrogens with two attached hydrogens (primary N) is 1. The third kappa shape index (κ3) is 8.71. The zero-order chi connectivity index (χ0) is 31.1. The number of carbonyl (C=O) groups is 5. The Morgan fingerprint density at radius 2 is 1.26 bits per heavy atom. The molecule has 0 radical (unpaired) electrons. The summed E-state index contributed by atoms with van der Waals surface area (Å²) in [6.45, 7) is 5.48. The fourth-order valence-corrected chi connectivity index (χ4v) is 4.43. The molecule has 13 heteroatoms. The molecule has 0 saturated carbocycles. The summed E-state index contributed by atoms with van der Waals surface area (Å²) in [6.07, 6.45) is -0.0971. The number of hydrogen-bond acceptors (Lipinski definition) is 12. The molecule has 0 spiro atoms. The van der Waals surface area contributed by atoms with E-state index in [9.17, 15) is 29.1 Å². The number of thiophene rings is 2. The molecular formula is C29H31NO10S2. The largest absolute Gasteiger partial charge is 0.480 e. The molecular weight excluding hydrogens is 586 g/mol. The SMILES string of the molecule is CC(C)(COC(=O)c1cccs1)C(=O)Oc1ccc(C[C@H](N)C(=O)O)cc1OC(=O)C(C)(C)COC(=O)c1cccs1. The van der Waals surface area contributed by atoms with Crippen LogP contribution in [0.3, 0.4) is 0 Å². The average Bonchev–Trinajstić information content (AvgIpc) is 3.67. The molecule has 0 amide bonds. The molecule has 0 bridgehead atoms. The summed E-state index contributed by atoms with van der Waals surface area (Å²) < 4.78 is 21.7. The molecule has 2 heterocycles. The van der Waals surface area contributed by atoms with Gasteiger partial charge in [0.15, 0.2) is 11.5 Å². The van der Waals surface area contributed by atoms with Gasteiger partial charge in [0.2, 0.25) is 0 Å². The number of esters is 4. The Hall–Kier alpha value is -4.07. The molecule has 0 saturated heterocycles. The maximum absolute atomic E-state index is 13.2. The lowest BCUT2D eigenvalue weighted by Gasteiger charge is -2.24. The van der Waals surface area contributed by atoms with Crippen molar-refractivity contribution in [2.75, 3.05) is 13.2 Å². The van der Waals surface area contributed by atoms with Crippen LogP contribution in [0.1, 0.15) is 52.6 Å². The molecule has 1 aromatic carbocycles. The quantitative estimate of drug-likeness (QED) is 0.207. The number of carboxylic acids is 1. The van der Waals surface area contributed by atoms with E-state index in [-0.39, 0.29) is 31.1 Å². The van der Waals surface area contributed by atoms with Gasteiger partial charge >= 0.3 is 29.8 Å². The maximum atomic E-state index is 13.2. The van der Waals surface area contributed by atoms with Gasteiger partial charge in [-0.15, -0.1) is 22.7 Å². The fourth-order valence-electron chi connectivity index (χ4n) is 3.20. The Bertz CT molecular complexity index is 1430.